The minimum atomic E-state index is -0.350. The average molecular weight is 270 g/mol. The van der Waals surface area contributed by atoms with Crippen LogP contribution >= 0.6 is 0 Å². The van der Waals surface area contributed by atoms with Crippen LogP contribution < -0.4 is 10.7 Å². The maximum Gasteiger partial charge on any atom is 0.257 e. The molecule has 4 heteroatoms. The summed E-state index contributed by atoms with van der Waals surface area (Å²) < 4.78 is 0. The summed E-state index contributed by atoms with van der Waals surface area (Å²) in [5.41, 5.74) is 2.90. The summed E-state index contributed by atoms with van der Waals surface area (Å²) in [5.74, 6) is -0.350. The Kier molecular flexibility index (Phi) is 4.35. The molecule has 0 fully saturated rings. The summed E-state index contributed by atoms with van der Waals surface area (Å²) in [6.45, 7) is 4.28. The standard InChI is InChI=1S/C16H18N2O2/c1-3-12-6-4-5-7-13(12)9-18-16(20)14-10-17-11(2)8-15(14)19/h4-8,10H,3,9H2,1-2H3,(H,17,19)(H,18,20). The van der Waals surface area contributed by atoms with Crippen LogP contribution in [-0.2, 0) is 13.0 Å². The molecule has 1 aromatic heterocycles. The molecule has 20 heavy (non-hydrogen) atoms. The normalized spacial score (nSPS) is 10.3. The van der Waals surface area contributed by atoms with Crippen molar-refractivity contribution >= 4 is 5.91 Å². The van der Waals surface area contributed by atoms with Gasteiger partial charge >= 0.3 is 0 Å². The monoisotopic (exact) mass is 270 g/mol. The Labute approximate surface area is 117 Å². The fourth-order valence-electron chi connectivity index (χ4n) is 2.10. The number of aromatic amines is 1. The molecule has 0 unspecified atom stereocenters. The maximum absolute atomic E-state index is 12.0. The van der Waals surface area contributed by atoms with E-state index in [9.17, 15) is 9.59 Å². The second-order valence-corrected chi connectivity index (χ2v) is 4.70. The highest BCUT2D eigenvalue weighted by molar-refractivity contribution is 5.93. The number of H-pyrrole nitrogens is 1. The first-order valence-corrected chi connectivity index (χ1v) is 6.66. The zero-order valence-electron chi connectivity index (χ0n) is 11.7. The summed E-state index contributed by atoms with van der Waals surface area (Å²) in [6, 6.07) is 9.38. The smallest absolute Gasteiger partial charge is 0.257 e. The maximum atomic E-state index is 12.0. The minimum Gasteiger partial charge on any atom is -0.364 e. The van der Waals surface area contributed by atoms with Gasteiger partial charge in [-0.15, -0.1) is 0 Å². The van der Waals surface area contributed by atoms with Crippen LogP contribution in [-0.4, -0.2) is 10.9 Å². The van der Waals surface area contributed by atoms with Gasteiger partial charge in [-0.3, -0.25) is 9.59 Å². The van der Waals surface area contributed by atoms with Gasteiger partial charge in [0.1, 0.15) is 5.56 Å². The summed E-state index contributed by atoms with van der Waals surface area (Å²) in [6.07, 6.45) is 2.37. The molecule has 2 rings (SSSR count). The number of aromatic nitrogens is 1. The number of amides is 1. The topological polar surface area (TPSA) is 62.0 Å². The molecule has 1 aromatic carbocycles. The fourth-order valence-corrected chi connectivity index (χ4v) is 2.10. The van der Waals surface area contributed by atoms with Gasteiger partial charge in [-0.05, 0) is 24.5 Å². The van der Waals surface area contributed by atoms with Gasteiger partial charge in [0.25, 0.3) is 5.91 Å². The first-order valence-electron chi connectivity index (χ1n) is 6.66. The fraction of sp³-hybridized carbons (Fsp3) is 0.250. The van der Waals surface area contributed by atoms with E-state index >= 15 is 0 Å². The number of rotatable bonds is 4. The van der Waals surface area contributed by atoms with Crippen LogP contribution in [0.5, 0.6) is 0 Å². The van der Waals surface area contributed by atoms with E-state index in [1.807, 2.05) is 24.3 Å². The van der Waals surface area contributed by atoms with Gasteiger partial charge in [-0.25, -0.2) is 0 Å². The van der Waals surface area contributed by atoms with Gasteiger partial charge in [-0.1, -0.05) is 31.2 Å². The Hall–Kier alpha value is -2.36. The van der Waals surface area contributed by atoms with E-state index in [2.05, 4.69) is 17.2 Å². The zero-order valence-corrected chi connectivity index (χ0v) is 11.7. The van der Waals surface area contributed by atoms with Crippen molar-refractivity contribution in [3.8, 4) is 0 Å². The van der Waals surface area contributed by atoms with Gasteiger partial charge in [0.15, 0.2) is 5.43 Å². The molecule has 0 saturated carbocycles. The quantitative estimate of drug-likeness (QED) is 0.894. The molecule has 2 N–H and O–H groups in total. The molecule has 0 radical (unpaired) electrons. The number of benzene rings is 1. The van der Waals surface area contributed by atoms with Crippen molar-refractivity contribution in [3.05, 3.63) is 69.1 Å². The molecule has 4 nitrogen and oxygen atoms in total. The molecule has 1 amide bonds. The molecule has 1 heterocycles. The lowest BCUT2D eigenvalue weighted by Gasteiger charge is -2.09. The summed E-state index contributed by atoms with van der Waals surface area (Å²) in [7, 11) is 0. The third kappa shape index (κ3) is 3.15. The van der Waals surface area contributed by atoms with Crippen LogP contribution in [0.15, 0.2) is 41.3 Å². The minimum absolute atomic E-state index is 0.143. The van der Waals surface area contributed by atoms with Gasteiger partial charge in [0.05, 0.1) is 0 Å². The third-order valence-corrected chi connectivity index (χ3v) is 3.24. The van der Waals surface area contributed by atoms with Gasteiger partial charge < -0.3 is 10.3 Å². The lowest BCUT2D eigenvalue weighted by Crippen LogP contribution is -2.28. The van der Waals surface area contributed by atoms with Crippen molar-refractivity contribution in [3.63, 3.8) is 0 Å². The van der Waals surface area contributed by atoms with E-state index < -0.39 is 0 Å². The molecule has 0 bridgehead atoms. The molecule has 0 aliphatic carbocycles. The zero-order chi connectivity index (χ0) is 14.5. The van der Waals surface area contributed by atoms with Crippen molar-refractivity contribution in [1.29, 1.82) is 0 Å². The van der Waals surface area contributed by atoms with Crippen LogP contribution in [0.25, 0.3) is 0 Å². The Bertz CT molecular complexity index is 674. The van der Waals surface area contributed by atoms with Gasteiger partial charge in [0, 0.05) is 24.5 Å². The Morgan fingerprint density at radius 2 is 1.95 bits per heavy atom. The van der Waals surface area contributed by atoms with E-state index in [4.69, 9.17) is 0 Å². The van der Waals surface area contributed by atoms with E-state index in [1.54, 1.807) is 6.92 Å². The highest BCUT2D eigenvalue weighted by Gasteiger charge is 2.10. The van der Waals surface area contributed by atoms with E-state index in [0.29, 0.717) is 6.54 Å². The molecular weight excluding hydrogens is 252 g/mol. The number of aryl methyl sites for hydroxylation is 2. The van der Waals surface area contributed by atoms with Crippen molar-refractivity contribution in [2.45, 2.75) is 26.8 Å². The number of hydrogen-bond donors (Lipinski definition) is 2. The number of hydrogen-bond acceptors (Lipinski definition) is 2. The third-order valence-electron chi connectivity index (χ3n) is 3.24. The molecule has 104 valence electrons. The van der Waals surface area contributed by atoms with Crippen molar-refractivity contribution in [2.75, 3.05) is 0 Å². The largest absolute Gasteiger partial charge is 0.364 e. The summed E-state index contributed by atoms with van der Waals surface area (Å²) >= 11 is 0. The van der Waals surface area contributed by atoms with Crippen molar-refractivity contribution < 1.29 is 4.79 Å². The molecule has 0 saturated heterocycles. The van der Waals surface area contributed by atoms with Crippen LogP contribution in [0.3, 0.4) is 0 Å². The molecule has 0 aliphatic rings. The first-order chi connectivity index (χ1) is 9.61. The van der Waals surface area contributed by atoms with Crippen LogP contribution in [0, 0.1) is 6.92 Å². The summed E-state index contributed by atoms with van der Waals surface area (Å²) in [4.78, 5) is 26.6. The van der Waals surface area contributed by atoms with E-state index in [-0.39, 0.29) is 16.9 Å². The predicted molar refractivity (Wildman–Crippen MR) is 78.8 cm³/mol. The average Bonchev–Trinajstić information content (AvgIpc) is 2.45. The highest BCUT2D eigenvalue weighted by atomic mass is 16.2. The highest BCUT2D eigenvalue weighted by Crippen LogP contribution is 2.09. The molecule has 2 aromatic rings. The lowest BCUT2D eigenvalue weighted by molar-refractivity contribution is 0.0949. The first kappa shape index (κ1) is 14.1. The Morgan fingerprint density at radius 3 is 2.60 bits per heavy atom. The van der Waals surface area contributed by atoms with Crippen molar-refractivity contribution in [2.24, 2.45) is 0 Å². The predicted octanol–water partition coefficient (Wildman–Crippen LogP) is 2.18. The van der Waals surface area contributed by atoms with E-state index in [0.717, 1.165) is 17.7 Å². The second kappa shape index (κ2) is 6.19. The Balaban J connectivity index is 2.11. The van der Waals surface area contributed by atoms with Crippen LogP contribution in [0.1, 0.15) is 34.1 Å². The number of nitrogens with one attached hydrogen (secondary N) is 2. The van der Waals surface area contributed by atoms with Crippen LogP contribution in [0.4, 0.5) is 0 Å². The molecule has 0 aliphatic heterocycles. The van der Waals surface area contributed by atoms with Gasteiger partial charge in [-0.2, -0.15) is 0 Å². The van der Waals surface area contributed by atoms with Crippen molar-refractivity contribution in [1.82, 2.24) is 10.3 Å². The second-order valence-electron chi connectivity index (χ2n) is 4.70. The molecule has 0 atom stereocenters. The lowest BCUT2D eigenvalue weighted by atomic mass is 10.1. The number of pyridine rings is 1. The van der Waals surface area contributed by atoms with Crippen LogP contribution in [0.2, 0.25) is 0 Å². The molecular formula is C16H18N2O2. The Morgan fingerprint density at radius 1 is 1.25 bits per heavy atom. The van der Waals surface area contributed by atoms with Gasteiger partial charge in [0.2, 0.25) is 0 Å². The number of carbonyl (C=O) groups is 1. The SMILES string of the molecule is CCc1ccccc1CNC(=O)c1c[nH]c(C)cc1=O. The number of carbonyl (C=O) groups excluding carboxylic acids is 1. The van der Waals surface area contributed by atoms with E-state index in [1.165, 1.54) is 17.8 Å². The molecule has 0 spiro atoms. The summed E-state index contributed by atoms with van der Waals surface area (Å²) in [5, 5.41) is 2.79.